The smallest absolute Gasteiger partial charge is 0.112 e. The summed E-state index contributed by atoms with van der Waals surface area (Å²) in [6, 6.07) is 5.92. The molecule has 2 aromatic heterocycles. The van der Waals surface area contributed by atoms with E-state index in [-0.39, 0.29) is 5.92 Å². The molecule has 0 bridgehead atoms. The molecule has 0 spiro atoms. The molecule has 1 unspecified atom stereocenters. The number of nitrogens with two attached hydrogens (primary N) is 1. The number of rotatable bonds is 3. The van der Waals surface area contributed by atoms with E-state index in [9.17, 15) is 0 Å². The predicted molar refractivity (Wildman–Crippen MR) is 55.0 cm³/mol. The molecule has 0 aliphatic rings. The van der Waals surface area contributed by atoms with Gasteiger partial charge in [0.05, 0.1) is 12.2 Å². The molecule has 1 atom stereocenters. The van der Waals surface area contributed by atoms with E-state index in [2.05, 4.69) is 12.3 Å². The highest BCUT2D eigenvalue weighted by molar-refractivity contribution is 5.25. The Morgan fingerprint density at radius 1 is 1.50 bits per heavy atom. The number of aryl methyl sites for hydroxylation is 1. The van der Waals surface area contributed by atoms with Crippen molar-refractivity contribution in [3.63, 3.8) is 0 Å². The maximum atomic E-state index is 5.74. The molecule has 0 aromatic carbocycles. The Morgan fingerprint density at radius 2 is 2.36 bits per heavy atom. The van der Waals surface area contributed by atoms with Crippen LogP contribution in [0.5, 0.6) is 0 Å². The maximum absolute atomic E-state index is 5.74. The predicted octanol–water partition coefficient (Wildman–Crippen LogP) is 1.71. The molecule has 0 saturated heterocycles. The summed E-state index contributed by atoms with van der Waals surface area (Å²) < 4.78 is 7.38. The molecule has 2 rings (SSSR count). The van der Waals surface area contributed by atoms with Crippen molar-refractivity contribution in [2.45, 2.75) is 5.92 Å². The van der Waals surface area contributed by atoms with Gasteiger partial charge >= 0.3 is 0 Å². The first-order valence-electron chi connectivity index (χ1n) is 4.66. The lowest BCUT2D eigenvalue weighted by molar-refractivity contribution is 0.487. The van der Waals surface area contributed by atoms with E-state index in [0.717, 1.165) is 5.76 Å². The molecule has 74 valence electrons. The molecule has 0 aliphatic heterocycles. The molecule has 0 radical (unpaired) electrons. The molecular formula is C11H14N2O. The number of furan rings is 1. The second kappa shape index (κ2) is 3.72. The van der Waals surface area contributed by atoms with Gasteiger partial charge in [-0.05, 0) is 23.8 Å². The summed E-state index contributed by atoms with van der Waals surface area (Å²) in [6.45, 7) is 0.567. The molecule has 0 amide bonds. The standard InChI is InChI=1S/C11H14N2O/c1-13-5-4-9(8-13)10(7-12)11-3-2-6-14-11/h2-6,8,10H,7,12H2,1H3. The van der Waals surface area contributed by atoms with E-state index in [1.807, 2.05) is 29.9 Å². The third-order valence-electron chi connectivity index (χ3n) is 2.38. The van der Waals surface area contributed by atoms with Crippen LogP contribution in [0.1, 0.15) is 17.2 Å². The Hall–Kier alpha value is -1.48. The van der Waals surface area contributed by atoms with Crippen LogP contribution in [0.3, 0.4) is 0 Å². The van der Waals surface area contributed by atoms with Gasteiger partial charge in [0.15, 0.2) is 0 Å². The first-order valence-corrected chi connectivity index (χ1v) is 4.66. The van der Waals surface area contributed by atoms with Crippen LogP contribution >= 0.6 is 0 Å². The highest BCUT2D eigenvalue weighted by atomic mass is 16.3. The largest absolute Gasteiger partial charge is 0.469 e. The zero-order valence-corrected chi connectivity index (χ0v) is 8.18. The van der Waals surface area contributed by atoms with E-state index in [4.69, 9.17) is 10.2 Å². The van der Waals surface area contributed by atoms with Crippen LogP contribution in [-0.2, 0) is 7.05 Å². The Balaban J connectivity index is 2.31. The van der Waals surface area contributed by atoms with Gasteiger partial charge in [-0.2, -0.15) is 0 Å². The van der Waals surface area contributed by atoms with Gasteiger partial charge in [0.25, 0.3) is 0 Å². The van der Waals surface area contributed by atoms with Crippen LogP contribution in [0, 0.1) is 0 Å². The van der Waals surface area contributed by atoms with Crippen LogP contribution in [0.2, 0.25) is 0 Å². The van der Waals surface area contributed by atoms with E-state index in [0.29, 0.717) is 6.54 Å². The Kier molecular flexibility index (Phi) is 2.41. The summed E-state index contributed by atoms with van der Waals surface area (Å²) in [5, 5.41) is 0. The molecule has 3 nitrogen and oxygen atoms in total. The Morgan fingerprint density at radius 3 is 2.86 bits per heavy atom. The monoisotopic (exact) mass is 190 g/mol. The second-order valence-corrected chi connectivity index (χ2v) is 3.41. The molecule has 0 aliphatic carbocycles. The highest BCUT2D eigenvalue weighted by Crippen LogP contribution is 2.23. The van der Waals surface area contributed by atoms with Crippen molar-refractivity contribution in [2.24, 2.45) is 12.8 Å². The van der Waals surface area contributed by atoms with Crippen LogP contribution in [0.4, 0.5) is 0 Å². The Labute approximate surface area is 83.1 Å². The van der Waals surface area contributed by atoms with Crippen molar-refractivity contribution in [1.29, 1.82) is 0 Å². The topological polar surface area (TPSA) is 44.1 Å². The van der Waals surface area contributed by atoms with Gasteiger partial charge in [-0.25, -0.2) is 0 Å². The third-order valence-corrected chi connectivity index (χ3v) is 2.38. The number of aromatic nitrogens is 1. The first-order chi connectivity index (χ1) is 6.81. The van der Waals surface area contributed by atoms with E-state index in [1.165, 1.54) is 5.56 Å². The molecule has 0 saturated carbocycles. The molecule has 2 aromatic rings. The summed E-state index contributed by atoms with van der Waals surface area (Å²) in [7, 11) is 2.00. The highest BCUT2D eigenvalue weighted by Gasteiger charge is 2.15. The lowest BCUT2D eigenvalue weighted by atomic mass is 10.00. The van der Waals surface area contributed by atoms with Crippen LogP contribution in [0.25, 0.3) is 0 Å². The third kappa shape index (κ3) is 1.59. The molecule has 14 heavy (non-hydrogen) atoms. The Bertz CT molecular complexity index is 389. The fraction of sp³-hybridized carbons (Fsp3) is 0.273. The summed E-state index contributed by atoms with van der Waals surface area (Å²) in [5.41, 5.74) is 6.94. The average Bonchev–Trinajstić information content (AvgIpc) is 2.79. The number of hydrogen-bond acceptors (Lipinski definition) is 2. The van der Waals surface area contributed by atoms with Crippen LogP contribution in [0.15, 0.2) is 41.3 Å². The van der Waals surface area contributed by atoms with Gasteiger partial charge in [0.1, 0.15) is 5.76 Å². The van der Waals surface area contributed by atoms with Crippen molar-refractivity contribution in [2.75, 3.05) is 6.54 Å². The number of nitrogens with zero attached hydrogens (tertiary/aromatic N) is 1. The molecule has 2 heterocycles. The maximum Gasteiger partial charge on any atom is 0.112 e. The summed E-state index contributed by atoms with van der Waals surface area (Å²) >= 11 is 0. The van der Waals surface area contributed by atoms with Gasteiger partial charge in [-0.15, -0.1) is 0 Å². The minimum absolute atomic E-state index is 0.172. The van der Waals surface area contributed by atoms with Crippen molar-refractivity contribution >= 4 is 0 Å². The quantitative estimate of drug-likeness (QED) is 0.800. The summed E-state index contributed by atoms with van der Waals surface area (Å²) in [4.78, 5) is 0. The first kappa shape index (κ1) is 9.09. The zero-order chi connectivity index (χ0) is 9.97. The lowest BCUT2D eigenvalue weighted by Crippen LogP contribution is -2.12. The lowest BCUT2D eigenvalue weighted by Gasteiger charge is -2.09. The molecule has 3 heteroatoms. The van der Waals surface area contributed by atoms with Crippen molar-refractivity contribution < 1.29 is 4.42 Å². The molecule has 0 fully saturated rings. The van der Waals surface area contributed by atoms with Crippen molar-refractivity contribution in [1.82, 2.24) is 4.57 Å². The van der Waals surface area contributed by atoms with Gasteiger partial charge in [-0.1, -0.05) is 0 Å². The van der Waals surface area contributed by atoms with E-state index < -0.39 is 0 Å². The average molecular weight is 190 g/mol. The summed E-state index contributed by atoms with van der Waals surface area (Å²) in [5.74, 6) is 1.10. The van der Waals surface area contributed by atoms with Crippen LogP contribution < -0.4 is 5.73 Å². The van der Waals surface area contributed by atoms with E-state index >= 15 is 0 Å². The van der Waals surface area contributed by atoms with Gasteiger partial charge in [-0.3, -0.25) is 0 Å². The van der Waals surface area contributed by atoms with Crippen molar-refractivity contribution in [3.05, 3.63) is 48.2 Å². The van der Waals surface area contributed by atoms with Crippen molar-refractivity contribution in [3.8, 4) is 0 Å². The molecule has 2 N–H and O–H groups in total. The van der Waals surface area contributed by atoms with Gasteiger partial charge in [0.2, 0.25) is 0 Å². The zero-order valence-electron chi connectivity index (χ0n) is 8.18. The normalized spacial score (nSPS) is 13.0. The SMILES string of the molecule is Cn1ccc(C(CN)c2ccco2)c1. The molecular weight excluding hydrogens is 176 g/mol. The van der Waals surface area contributed by atoms with Crippen LogP contribution in [-0.4, -0.2) is 11.1 Å². The number of hydrogen-bond donors (Lipinski definition) is 1. The summed E-state index contributed by atoms with van der Waals surface area (Å²) in [6.07, 6.45) is 5.77. The minimum atomic E-state index is 0.172. The van der Waals surface area contributed by atoms with E-state index in [1.54, 1.807) is 6.26 Å². The second-order valence-electron chi connectivity index (χ2n) is 3.41. The van der Waals surface area contributed by atoms with Gasteiger partial charge < -0.3 is 14.7 Å². The fourth-order valence-corrected chi connectivity index (χ4v) is 1.64. The fourth-order valence-electron chi connectivity index (χ4n) is 1.64. The van der Waals surface area contributed by atoms with Gasteiger partial charge in [0, 0.05) is 26.0 Å². The minimum Gasteiger partial charge on any atom is -0.469 e.